The van der Waals surface area contributed by atoms with Gasteiger partial charge in [0.2, 0.25) is 0 Å². The average molecular weight is 400 g/mol. The van der Waals surface area contributed by atoms with Gasteiger partial charge in [-0.15, -0.1) is 0 Å². The molecule has 4 aromatic carbocycles. The van der Waals surface area contributed by atoms with Crippen LogP contribution in [0.4, 0.5) is 0 Å². The standard InChI is InChI=1S/C26H24O4/c1-13-9-7-11-15-17(13)25(29-5)21-19(23(15)27-3)20-22(21)26(30-6)18-14(2)10-8-12-16(18)24(20)28-4/h7-12H,1-6H3. The van der Waals surface area contributed by atoms with Crippen molar-refractivity contribution < 1.29 is 18.9 Å². The molecule has 4 nitrogen and oxygen atoms in total. The first-order chi connectivity index (χ1) is 14.6. The van der Waals surface area contributed by atoms with Gasteiger partial charge in [0.15, 0.2) is 0 Å². The number of hydrogen-bond acceptors (Lipinski definition) is 4. The van der Waals surface area contributed by atoms with Gasteiger partial charge in [-0.2, -0.15) is 0 Å². The molecule has 0 fully saturated rings. The molecule has 4 heteroatoms. The van der Waals surface area contributed by atoms with E-state index in [2.05, 4.69) is 38.1 Å². The lowest BCUT2D eigenvalue weighted by Gasteiger charge is -2.22. The van der Waals surface area contributed by atoms with Crippen LogP contribution in [0.2, 0.25) is 0 Å². The number of benzene rings is 4. The van der Waals surface area contributed by atoms with Crippen molar-refractivity contribution in [1.82, 2.24) is 0 Å². The Morgan fingerprint density at radius 2 is 0.800 bits per heavy atom. The molecule has 0 amide bonds. The smallest absolute Gasteiger partial charge is 0.135 e. The van der Waals surface area contributed by atoms with Gasteiger partial charge in [-0.25, -0.2) is 0 Å². The summed E-state index contributed by atoms with van der Waals surface area (Å²) in [5.41, 5.74) is 2.28. The zero-order valence-electron chi connectivity index (χ0n) is 18.1. The lowest BCUT2D eigenvalue weighted by Crippen LogP contribution is -2.06. The Hall–Kier alpha value is -3.40. The van der Waals surface area contributed by atoms with Crippen LogP contribution in [-0.4, -0.2) is 28.4 Å². The van der Waals surface area contributed by atoms with Crippen molar-refractivity contribution in [3.05, 3.63) is 68.4 Å². The molecule has 0 saturated heterocycles. The molecule has 5 rings (SSSR count). The molecule has 4 aromatic rings. The monoisotopic (exact) mass is 400 g/mol. The summed E-state index contributed by atoms with van der Waals surface area (Å²) in [5, 5.41) is 8.26. The molecular weight excluding hydrogens is 376 g/mol. The van der Waals surface area contributed by atoms with Crippen molar-refractivity contribution in [3.8, 4) is 23.0 Å². The van der Waals surface area contributed by atoms with E-state index in [9.17, 15) is 0 Å². The van der Waals surface area contributed by atoms with Gasteiger partial charge in [0.05, 0.1) is 28.4 Å². The topological polar surface area (TPSA) is 36.9 Å². The Bertz CT molecular complexity index is 1430. The van der Waals surface area contributed by atoms with Gasteiger partial charge >= 0.3 is 0 Å². The second-order valence-electron chi connectivity index (χ2n) is 7.63. The summed E-state index contributed by atoms with van der Waals surface area (Å²) in [6.07, 6.45) is 0. The van der Waals surface area contributed by atoms with Crippen LogP contribution in [0, 0.1) is 34.7 Å². The Kier molecular flexibility index (Phi) is 4.07. The van der Waals surface area contributed by atoms with Crippen LogP contribution >= 0.6 is 0 Å². The highest BCUT2D eigenvalue weighted by Gasteiger charge is 2.26. The molecule has 0 unspecified atom stereocenters. The molecule has 1 aliphatic rings. The first-order valence-corrected chi connectivity index (χ1v) is 9.94. The predicted octanol–water partition coefficient (Wildman–Crippen LogP) is 5.53. The Morgan fingerprint density at radius 3 is 1.13 bits per heavy atom. The molecule has 0 heterocycles. The zero-order valence-corrected chi connectivity index (χ0v) is 18.1. The average Bonchev–Trinajstić information content (AvgIpc) is 2.75. The first-order valence-electron chi connectivity index (χ1n) is 9.94. The molecule has 0 bridgehead atoms. The minimum absolute atomic E-state index is 0.837. The van der Waals surface area contributed by atoms with Crippen molar-refractivity contribution in [2.75, 3.05) is 28.4 Å². The summed E-state index contributed by atoms with van der Waals surface area (Å²) in [6.45, 7) is 4.19. The number of hydrogen-bond donors (Lipinski definition) is 0. The third kappa shape index (κ3) is 2.11. The van der Waals surface area contributed by atoms with Crippen molar-refractivity contribution in [2.45, 2.75) is 13.8 Å². The fourth-order valence-corrected chi connectivity index (χ4v) is 5.01. The molecule has 0 aromatic heterocycles. The molecule has 1 aliphatic carbocycles. The molecule has 0 saturated carbocycles. The van der Waals surface area contributed by atoms with E-state index in [4.69, 9.17) is 18.9 Å². The number of fused-ring (bicyclic) bond motifs is 4. The first kappa shape index (κ1) is 18.6. The van der Waals surface area contributed by atoms with Gasteiger partial charge < -0.3 is 18.9 Å². The van der Waals surface area contributed by atoms with E-state index in [0.717, 1.165) is 76.5 Å². The summed E-state index contributed by atoms with van der Waals surface area (Å²) in [4.78, 5) is 0. The van der Waals surface area contributed by atoms with Crippen LogP contribution in [-0.2, 0) is 0 Å². The van der Waals surface area contributed by atoms with Gasteiger partial charge in [-0.3, -0.25) is 0 Å². The summed E-state index contributed by atoms with van der Waals surface area (Å²) in [7, 11) is 6.89. The Balaban J connectivity index is 2.23. The lowest BCUT2D eigenvalue weighted by molar-refractivity contribution is 0.392. The van der Waals surface area contributed by atoms with E-state index in [0.29, 0.717) is 0 Å². The number of rotatable bonds is 4. The largest absolute Gasteiger partial charge is 0.495 e. The molecule has 0 N–H and O–H groups in total. The normalized spacial score (nSPS) is 11.7. The van der Waals surface area contributed by atoms with Gasteiger partial charge in [-0.1, -0.05) is 36.4 Å². The summed E-state index contributed by atoms with van der Waals surface area (Å²) in [6, 6.07) is 12.4. The van der Waals surface area contributed by atoms with Gasteiger partial charge in [0.25, 0.3) is 0 Å². The van der Waals surface area contributed by atoms with Gasteiger partial charge in [-0.05, 0) is 25.0 Å². The zero-order chi connectivity index (χ0) is 21.2. The summed E-state index contributed by atoms with van der Waals surface area (Å²) in [5.74, 6) is 3.37. The second kappa shape index (κ2) is 6.56. The van der Waals surface area contributed by atoms with Crippen LogP contribution in [0.1, 0.15) is 11.1 Å². The van der Waals surface area contributed by atoms with Crippen molar-refractivity contribution in [3.63, 3.8) is 0 Å². The van der Waals surface area contributed by atoms with Crippen molar-refractivity contribution >= 4 is 21.5 Å². The molecule has 0 aliphatic heterocycles. The van der Waals surface area contributed by atoms with Crippen LogP contribution in [0.25, 0.3) is 21.5 Å². The quantitative estimate of drug-likeness (QED) is 0.397. The van der Waals surface area contributed by atoms with Gasteiger partial charge in [0.1, 0.15) is 23.0 Å². The maximum absolute atomic E-state index is 5.99. The number of aryl methyl sites for hydroxylation is 2. The third-order valence-corrected chi connectivity index (χ3v) is 6.21. The maximum atomic E-state index is 5.99. The Labute approximate surface area is 174 Å². The van der Waals surface area contributed by atoms with Crippen molar-refractivity contribution in [1.29, 1.82) is 0 Å². The van der Waals surface area contributed by atoms with Crippen LogP contribution in [0.5, 0.6) is 23.0 Å². The minimum Gasteiger partial charge on any atom is -0.495 e. The number of methoxy groups -OCH3 is 4. The Morgan fingerprint density at radius 1 is 0.467 bits per heavy atom. The molecule has 152 valence electrons. The fourth-order valence-electron chi connectivity index (χ4n) is 5.01. The molecular formula is C26H24O4. The van der Waals surface area contributed by atoms with E-state index in [1.54, 1.807) is 28.4 Å². The highest BCUT2D eigenvalue weighted by atomic mass is 16.5. The summed E-state index contributed by atoms with van der Waals surface area (Å²) < 4.78 is 23.9. The fraction of sp³-hybridized carbons (Fsp3) is 0.231. The molecule has 30 heavy (non-hydrogen) atoms. The number of ether oxygens (including phenoxy) is 4. The van der Waals surface area contributed by atoms with Crippen LogP contribution in [0.15, 0.2) is 36.4 Å². The van der Waals surface area contributed by atoms with E-state index in [-0.39, 0.29) is 0 Å². The van der Waals surface area contributed by atoms with E-state index in [1.807, 2.05) is 12.1 Å². The molecule has 0 radical (unpaired) electrons. The highest BCUT2D eigenvalue weighted by Crippen LogP contribution is 2.47. The molecule has 0 spiro atoms. The second-order valence-corrected chi connectivity index (χ2v) is 7.63. The summed E-state index contributed by atoms with van der Waals surface area (Å²) >= 11 is 0. The van der Waals surface area contributed by atoms with E-state index in [1.165, 1.54) is 0 Å². The molecule has 0 atom stereocenters. The maximum Gasteiger partial charge on any atom is 0.135 e. The van der Waals surface area contributed by atoms with Crippen LogP contribution < -0.4 is 18.9 Å². The third-order valence-electron chi connectivity index (χ3n) is 6.21. The van der Waals surface area contributed by atoms with E-state index >= 15 is 0 Å². The van der Waals surface area contributed by atoms with Crippen molar-refractivity contribution in [2.24, 2.45) is 0 Å². The SMILES string of the molecule is COc1c2c(c(OC)c3c(C)cccc13)=c1c(OC)c3c(C)cccc3c(OC)c1=2. The van der Waals surface area contributed by atoms with E-state index < -0.39 is 0 Å². The minimum atomic E-state index is 0.837. The highest BCUT2D eigenvalue weighted by molar-refractivity contribution is 6.00. The van der Waals surface area contributed by atoms with Crippen LogP contribution in [0.3, 0.4) is 0 Å². The lowest BCUT2D eigenvalue weighted by atomic mass is 9.89. The predicted molar refractivity (Wildman–Crippen MR) is 119 cm³/mol. The van der Waals surface area contributed by atoms with Gasteiger partial charge in [0, 0.05) is 42.4 Å².